The Bertz CT molecular complexity index is 904. The Hall–Kier alpha value is -2.87. The van der Waals surface area contributed by atoms with Gasteiger partial charge in [-0.1, -0.05) is 23.7 Å². The van der Waals surface area contributed by atoms with Gasteiger partial charge in [0.1, 0.15) is 18.6 Å². The summed E-state index contributed by atoms with van der Waals surface area (Å²) in [6, 6.07) is 7.16. The predicted octanol–water partition coefficient (Wildman–Crippen LogP) is 3.16. The normalized spacial score (nSPS) is 16.4. The molecule has 2 aliphatic heterocycles. The Morgan fingerprint density at radius 2 is 2.15 bits per heavy atom. The topological polar surface area (TPSA) is 88.8 Å². The number of ether oxygens (including phenoxy) is 1. The van der Waals surface area contributed by atoms with E-state index in [1.807, 2.05) is 23.1 Å². The highest BCUT2D eigenvalue weighted by molar-refractivity contribution is 6.33. The van der Waals surface area contributed by atoms with E-state index in [-0.39, 0.29) is 16.8 Å². The van der Waals surface area contributed by atoms with Crippen molar-refractivity contribution in [1.29, 1.82) is 0 Å². The maximum absolute atomic E-state index is 11.9. The Balaban J connectivity index is 1.63. The number of benzene rings is 1. The molecule has 0 N–H and O–H groups in total. The lowest BCUT2D eigenvalue weighted by atomic mass is 9.97. The minimum atomic E-state index is -0.518. The van der Waals surface area contributed by atoms with Crippen LogP contribution in [0, 0.1) is 10.1 Å². The van der Waals surface area contributed by atoms with Crippen molar-refractivity contribution in [3.8, 4) is 0 Å². The van der Waals surface area contributed by atoms with Gasteiger partial charge in [-0.3, -0.25) is 15.0 Å². The molecular weight excluding hydrogens is 360 g/mol. The van der Waals surface area contributed by atoms with Gasteiger partial charge in [0.15, 0.2) is 0 Å². The molecule has 134 valence electrons. The SMILES string of the molecule is O=C1OCCN1c1cccc2c1CCN(c1ncc([N+](=O)[O-])cc1Cl)C2. The number of nitrogens with zero attached hydrogens (tertiary/aromatic N) is 4. The third-order valence-electron chi connectivity index (χ3n) is 4.61. The quantitative estimate of drug-likeness (QED) is 0.605. The maximum Gasteiger partial charge on any atom is 0.414 e. The Labute approximate surface area is 154 Å². The van der Waals surface area contributed by atoms with Crippen molar-refractivity contribution in [1.82, 2.24) is 4.98 Å². The molecule has 0 atom stereocenters. The molecule has 1 amide bonds. The Morgan fingerprint density at radius 1 is 1.31 bits per heavy atom. The second-order valence-corrected chi connectivity index (χ2v) is 6.52. The monoisotopic (exact) mass is 374 g/mol. The molecule has 1 fully saturated rings. The number of hydrogen-bond donors (Lipinski definition) is 0. The zero-order valence-corrected chi connectivity index (χ0v) is 14.5. The minimum absolute atomic E-state index is 0.133. The van der Waals surface area contributed by atoms with Crippen molar-refractivity contribution in [3.05, 3.63) is 56.7 Å². The van der Waals surface area contributed by atoms with Crippen molar-refractivity contribution < 1.29 is 14.5 Å². The zero-order valence-electron chi connectivity index (χ0n) is 13.7. The smallest absolute Gasteiger partial charge is 0.414 e. The highest BCUT2D eigenvalue weighted by Gasteiger charge is 2.29. The fraction of sp³-hybridized carbons (Fsp3) is 0.294. The molecule has 4 rings (SSSR count). The third-order valence-corrected chi connectivity index (χ3v) is 4.89. The lowest BCUT2D eigenvalue weighted by Crippen LogP contribution is -2.33. The van der Waals surface area contributed by atoms with Crippen molar-refractivity contribution in [2.45, 2.75) is 13.0 Å². The highest BCUT2D eigenvalue weighted by Crippen LogP contribution is 2.34. The number of nitro groups is 1. The molecule has 0 aliphatic carbocycles. The van der Waals surface area contributed by atoms with Crippen molar-refractivity contribution in [2.24, 2.45) is 0 Å². The molecule has 8 nitrogen and oxygen atoms in total. The van der Waals surface area contributed by atoms with Crippen LogP contribution in [0.2, 0.25) is 5.02 Å². The molecule has 0 radical (unpaired) electrons. The minimum Gasteiger partial charge on any atom is -0.447 e. The first-order valence-electron chi connectivity index (χ1n) is 8.14. The molecule has 0 bridgehead atoms. The summed E-state index contributed by atoms with van der Waals surface area (Å²) in [5, 5.41) is 11.1. The average Bonchev–Trinajstić information content (AvgIpc) is 3.06. The van der Waals surface area contributed by atoms with Crippen molar-refractivity contribution in [2.75, 3.05) is 29.5 Å². The number of rotatable bonds is 3. The number of halogens is 1. The van der Waals surface area contributed by atoms with Gasteiger partial charge >= 0.3 is 6.09 Å². The van der Waals surface area contributed by atoms with E-state index >= 15 is 0 Å². The summed E-state index contributed by atoms with van der Waals surface area (Å²) >= 11 is 6.21. The highest BCUT2D eigenvalue weighted by atomic mass is 35.5. The molecule has 0 spiro atoms. The Morgan fingerprint density at radius 3 is 2.85 bits per heavy atom. The number of amides is 1. The van der Waals surface area contributed by atoms with Crippen LogP contribution in [0.15, 0.2) is 30.5 Å². The third kappa shape index (κ3) is 2.82. The average molecular weight is 375 g/mol. The van der Waals surface area contributed by atoms with Gasteiger partial charge in [0.2, 0.25) is 0 Å². The number of aromatic nitrogens is 1. The van der Waals surface area contributed by atoms with E-state index in [9.17, 15) is 14.9 Å². The van der Waals surface area contributed by atoms with Crippen LogP contribution in [0.25, 0.3) is 0 Å². The second-order valence-electron chi connectivity index (χ2n) is 6.11. The van der Waals surface area contributed by atoms with Gasteiger partial charge in [0, 0.05) is 19.2 Å². The number of anilines is 2. The van der Waals surface area contributed by atoms with E-state index in [0.29, 0.717) is 38.5 Å². The molecular formula is C17H15ClN4O4. The van der Waals surface area contributed by atoms with Crippen molar-refractivity contribution >= 4 is 34.9 Å². The first kappa shape index (κ1) is 16.6. The van der Waals surface area contributed by atoms with E-state index in [1.54, 1.807) is 4.90 Å². The van der Waals surface area contributed by atoms with Crippen LogP contribution in [-0.4, -0.2) is 35.7 Å². The molecule has 1 aromatic heterocycles. The van der Waals surface area contributed by atoms with E-state index < -0.39 is 4.92 Å². The summed E-state index contributed by atoms with van der Waals surface area (Å²) in [5.41, 5.74) is 2.93. The van der Waals surface area contributed by atoms with Gasteiger partial charge in [0.05, 0.1) is 22.2 Å². The summed E-state index contributed by atoms with van der Waals surface area (Å²) < 4.78 is 5.04. The molecule has 26 heavy (non-hydrogen) atoms. The fourth-order valence-corrected chi connectivity index (χ4v) is 3.67. The van der Waals surface area contributed by atoms with Crippen LogP contribution in [0.4, 0.5) is 22.0 Å². The molecule has 1 saturated heterocycles. The molecule has 1 aromatic carbocycles. The van der Waals surface area contributed by atoms with Crippen molar-refractivity contribution in [3.63, 3.8) is 0 Å². The standard InChI is InChI=1S/C17H15ClN4O4/c18-14-8-12(22(24)25)9-19-16(14)20-5-4-13-11(10-20)2-1-3-15(13)21-6-7-26-17(21)23/h1-3,8-9H,4-7,10H2. The van der Waals surface area contributed by atoms with Crippen LogP contribution < -0.4 is 9.80 Å². The lowest BCUT2D eigenvalue weighted by Gasteiger charge is -2.32. The number of hydrogen-bond acceptors (Lipinski definition) is 6. The van der Waals surface area contributed by atoms with Crippen LogP contribution in [0.1, 0.15) is 11.1 Å². The van der Waals surface area contributed by atoms with E-state index in [2.05, 4.69) is 4.98 Å². The predicted molar refractivity (Wildman–Crippen MR) is 95.8 cm³/mol. The van der Waals surface area contributed by atoms with Gasteiger partial charge < -0.3 is 9.64 Å². The molecule has 2 aromatic rings. The fourth-order valence-electron chi connectivity index (χ4n) is 3.39. The lowest BCUT2D eigenvalue weighted by molar-refractivity contribution is -0.385. The summed E-state index contributed by atoms with van der Waals surface area (Å²) in [5.74, 6) is 0.522. The molecule has 9 heteroatoms. The maximum atomic E-state index is 11.9. The number of fused-ring (bicyclic) bond motifs is 1. The number of carbonyl (C=O) groups is 1. The number of carbonyl (C=O) groups excluding carboxylic acids is 1. The summed E-state index contributed by atoms with van der Waals surface area (Å²) in [6.45, 7) is 2.17. The van der Waals surface area contributed by atoms with E-state index in [0.717, 1.165) is 16.8 Å². The summed E-state index contributed by atoms with van der Waals surface area (Å²) in [6.07, 6.45) is 1.61. The first-order chi connectivity index (χ1) is 12.5. The number of pyridine rings is 1. The van der Waals surface area contributed by atoms with E-state index in [4.69, 9.17) is 16.3 Å². The van der Waals surface area contributed by atoms with Crippen LogP contribution in [0.5, 0.6) is 0 Å². The van der Waals surface area contributed by atoms with Crippen LogP contribution >= 0.6 is 11.6 Å². The summed E-state index contributed by atoms with van der Waals surface area (Å²) in [4.78, 5) is 30.0. The first-order valence-corrected chi connectivity index (χ1v) is 8.52. The van der Waals surface area contributed by atoms with Crippen LogP contribution in [0.3, 0.4) is 0 Å². The summed E-state index contributed by atoms with van der Waals surface area (Å²) in [7, 11) is 0. The molecule has 3 heterocycles. The largest absolute Gasteiger partial charge is 0.447 e. The van der Waals surface area contributed by atoms with Gasteiger partial charge in [-0.25, -0.2) is 9.78 Å². The van der Waals surface area contributed by atoms with Gasteiger partial charge in [-0.05, 0) is 23.6 Å². The number of cyclic esters (lactones) is 1. The zero-order chi connectivity index (χ0) is 18.3. The second kappa shape index (κ2) is 6.45. The molecule has 2 aliphatic rings. The Kier molecular flexibility index (Phi) is 4.12. The van der Waals surface area contributed by atoms with Crippen LogP contribution in [-0.2, 0) is 17.7 Å². The molecule has 0 unspecified atom stereocenters. The van der Waals surface area contributed by atoms with Gasteiger partial charge in [0.25, 0.3) is 5.69 Å². The van der Waals surface area contributed by atoms with E-state index in [1.165, 1.54) is 12.3 Å². The van der Waals surface area contributed by atoms with Gasteiger partial charge in [-0.2, -0.15) is 0 Å². The van der Waals surface area contributed by atoms with Gasteiger partial charge in [-0.15, -0.1) is 0 Å². The molecule has 0 saturated carbocycles.